The fraction of sp³-hybridized carbons (Fsp3) is 0.515. The Morgan fingerprint density at radius 2 is 1.71 bits per heavy atom. The van der Waals surface area contributed by atoms with E-state index in [1.54, 1.807) is 37.3 Å². The molecule has 42 heavy (non-hydrogen) atoms. The van der Waals surface area contributed by atoms with Crippen molar-refractivity contribution < 1.29 is 19.5 Å². The fourth-order valence-corrected chi connectivity index (χ4v) is 6.83. The first-order valence-corrected chi connectivity index (χ1v) is 15.4. The molecule has 2 aliphatic rings. The molecular weight excluding hydrogens is 573 g/mol. The standard InChI is InChI=1S/C33H41Cl2N3O4/c1-19(2)13-27(21-7-9-22(10-8-21)30(41)36-20(3)14-28(39)40)38-31(42)29(23-15-25(34)17-26(35)16-23)37-33(38)12-11-24(18-33)32(4,5)6/h7-10,15-17,19-20,24,27H,11-14,18H2,1-6H3,(H,36,41)(H,39,40)/t20-,24?,27?,33?/m0/s1. The van der Waals surface area contributed by atoms with Gasteiger partial charge in [0, 0.05) is 27.2 Å². The van der Waals surface area contributed by atoms with Gasteiger partial charge in [0.25, 0.3) is 11.8 Å². The summed E-state index contributed by atoms with van der Waals surface area (Å²) in [6.45, 7) is 12.7. The van der Waals surface area contributed by atoms with Gasteiger partial charge < -0.3 is 15.3 Å². The summed E-state index contributed by atoms with van der Waals surface area (Å²) in [4.78, 5) is 45.4. The number of hydrogen-bond donors (Lipinski definition) is 2. The first-order valence-electron chi connectivity index (χ1n) is 14.6. The number of hydrogen-bond acceptors (Lipinski definition) is 4. The number of carbonyl (C=O) groups excluding carboxylic acids is 2. The van der Waals surface area contributed by atoms with Crippen LogP contribution in [0.15, 0.2) is 47.5 Å². The monoisotopic (exact) mass is 613 g/mol. The van der Waals surface area contributed by atoms with Crippen LogP contribution in [0.5, 0.6) is 0 Å². The van der Waals surface area contributed by atoms with Crippen molar-refractivity contribution in [3.63, 3.8) is 0 Å². The quantitative estimate of drug-likeness (QED) is 0.305. The number of halogens is 2. The average molecular weight is 615 g/mol. The molecule has 1 aliphatic heterocycles. The largest absolute Gasteiger partial charge is 0.481 e. The maximum atomic E-state index is 14.4. The molecule has 9 heteroatoms. The molecule has 3 unspecified atom stereocenters. The van der Waals surface area contributed by atoms with Crippen LogP contribution >= 0.6 is 23.2 Å². The van der Waals surface area contributed by atoms with Crippen molar-refractivity contribution in [3.8, 4) is 0 Å². The molecule has 4 rings (SSSR count). The van der Waals surface area contributed by atoms with Gasteiger partial charge in [-0.15, -0.1) is 0 Å². The zero-order chi connectivity index (χ0) is 31.0. The maximum absolute atomic E-state index is 14.4. The van der Waals surface area contributed by atoms with E-state index in [4.69, 9.17) is 33.3 Å². The molecule has 2 N–H and O–H groups in total. The Kier molecular flexibility index (Phi) is 9.43. The van der Waals surface area contributed by atoms with Gasteiger partial charge in [-0.25, -0.2) is 0 Å². The van der Waals surface area contributed by atoms with E-state index in [2.05, 4.69) is 39.9 Å². The van der Waals surface area contributed by atoms with Crippen molar-refractivity contribution >= 4 is 46.7 Å². The summed E-state index contributed by atoms with van der Waals surface area (Å²) in [7, 11) is 0. The van der Waals surface area contributed by atoms with Gasteiger partial charge in [0.2, 0.25) is 0 Å². The van der Waals surface area contributed by atoms with Crippen LogP contribution in [0.2, 0.25) is 10.0 Å². The molecule has 4 atom stereocenters. The molecule has 226 valence electrons. The van der Waals surface area contributed by atoms with E-state index in [0.717, 1.165) is 24.8 Å². The minimum atomic E-state index is -0.971. The molecule has 2 amide bonds. The van der Waals surface area contributed by atoms with E-state index < -0.39 is 17.7 Å². The number of aliphatic carboxylic acids is 1. The van der Waals surface area contributed by atoms with Gasteiger partial charge in [0.1, 0.15) is 11.4 Å². The predicted octanol–water partition coefficient (Wildman–Crippen LogP) is 7.55. The number of carbonyl (C=O) groups is 3. The molecule has 1 heterocycles. The van der Waals surface area contributed by atoms with Crippen molar-refractivity contribution in [2.24, 2.45) is 22.2 Å². The lowest BCUT2D eigenvalue weighted by Gasteiger charge is -2.41. The summed E-state index contributed by atoms with van der Waals surface area (Å²) in [6, 6.07) is 11.6. The van der Waals surface area contributed by atoms with Gasteiger partial charge in [-0.1, -0.05) is 70.0 Å². The minimum absolute atomic E-state index is 0.0657. The predicted molar refractivity (Wildman–Crippen MR) is 167 cm³/mol. The maximum Gasteiger partial charge on any atom is 0.305 e. The number of benzene rings is 2. The molecule has 1 saturated carbocycles. The molecule has 1 spiro atoms. The second-order valence-electron chi connectivity index (χ2n) is 13.3. The Hall–Kier alpha value is -2.90. The van der Waals surface area contributed by atoms with Crippen molar-refractivity contribution in [1.29, 1.82) is 0 Å². The molecule has 2 aromatic carbocycles. The highest BCUT2D eigenvalue weighted by Crippen LogP contribution is 2.53. The Morgan fingerprint density at radius 3 is 2.24 bits per heavy atom. The van der Waals surface area contributed by atoms with Crippen molar-refractivity contribution in [2.45, 2.75) is 91.4 Å². The molecule has 0 bridgehead atoms. The molecular formula is C33H41Cl2N3O4. The van der Waals surface area contributed by atoms with E-state index in [0.29, 0.717) is 39.2 Å². The lowest BCUT2D eigenvalue weighted by atomic mass is 9.79. The fourth-order valence-electron chi connectivity index (χ4n) is 6.30. The lowest BCUT2D eigenvalue weighted by Crippen LogP contribution is -2.48. The van der Waals surface area contributed by atoms with Gasteiger partial charge in [0.05, 0.1) is 12.5 Å². The summed E-state index contributed by atoms with van der Waals surface area (Å²) in [6.07, 6.45) is 3.04. The normalized spacial score (nSPS) is 22.0. The van der Waals surface area contributed by atoms with Gasteiger partial charge in [0.15, 0.2) is 0 Å². The SMILES string of the molecule is CC(C)CC(c1ccc(C(=O)N[C@@H](C)CC(=O)O)cc1)N1C(=O)C(c2cc(Cl)cc(Cl)c2)=NC12CCC(C(C)(C)C)C2. The van der Waals surface area contributed by atoms with E-state index in [9.17, 15) is 14.4 Å². The van der Waals surface area contributed by atoms with Crippen LogP contribution in [0.4, 0.5) is 0 Å². The number of rotatable bonds is 9. The molecule has 1 aliphatic carbocycles. The molecule has 1 fully saturated rings. The zero-order valence-electron chi connectivity index (χ0n) is 25.2. The molecule has 0 aromatic heterocycles. The summed E-state index contributed by atoms with van der Waals surface area (Å²) in [5.41, 5.74) is 1.72. The zero-order valence-corrected chi connectivity index (χ0v) is 26.7. The average Bonchev–Trinajstić information content (AvgIpc) is 3.42. The minimum Gasteiger partial charge on any atom is -0.481 e. The summed E-state index contributed by atoms with van der Waals surface area (Å²) in [5, 5.41) is 12.7. The van der Waals surface area contributed by atoms with Crippen LogP contribution in [0, 0.1) is 17.3 Å². The van der Waals surface area contributed by atoms with Crippen LogP contribution in [0.3, 0.4) is 0 Å². The van der Waals surface area contributed by atoms with Crippen LogP contribution in [0.1, 0.15) is 101 Å². The van der Waals surface area contributed by atoms with Crippen LogP contribution < -0.4 is 5.32 Å². The third-order valence-corrected chi connectivity index (χ3v) is 8.88. The van der Waals surface area contributed by atoms with Gasteiger partial charge in [-0.3, -0.25) is 19.4 Å². The number of carboxylic acids is 1. The highest BCUT2D eigenvalue weighted by Gasteiger charge is 2.55. The third kappa shape index (κ3) is 7.00. The number of carboxylic acid groups (broad SMARTS) is 1. The first-order chi connectivity index (χ1) is 19.6. The van der Waals surface area contributed by atoms with Crippen LogP contribution in [-0.2, 0) is 9.59 Å². The summed E-state index contributed by atoms with van der Waals surface area (Å²) < 4.78 is 0. The summed E-state index contributed by atoms with van der Waals surface area (Å²) >= 11 is 12.7. The number of amides is 2. The van der Waals surface area contributed by atoms with Crippen LogP contribution in [-0.4, -0.2) is 45.2 Å². The number of nitrogens with one attached hydrogen (secondary N) is 1. The highest BCUT2D eigenvalue weighted by molar-refractivity contribution is 6.47. The third-order valence-electron chi connectivity index (χ3n) is 8.44. The second-order valence-corrected chi connectivity index (χ2v) is 14.2. The smallest absolute Gasteiger partial charge is 0.305 e. The molecule has 2 aromatic rings. The molecule has 0 radical (unpaired) electrons. The number of nitrogens with zero attached hydrogens (tertiary/aromatic N) is 2. The highest BCUT2D eigenvalue weighted by atomic mass is 35.5. The Morgan fingerprint density at radius 1 is 1.10 bits per heavy atom. The lowest BCUT2D eigenvalue weighted by molar-refractivity contribution is -0.137. The van der Waals surface area contributed by atoms with Crippen molar-refractivity contribution in [2.75, 3.05) is 0 Å². The Labute approximate surface area is 258 Å². The van der Waals surface area contributed by atoms with E-state index >= 15 is 0 Å². The van der Waals surface area contributed by atoms with Crippen LogP contribution in [0.25, 0.3) is 0 Å². The second kappa shape index (κ2) is 12.4. The van der Waals surface area contributed by atoms with E-state index in [1.807, 2.05) is 17.0 Å². The number of aliphatic imine (C=N–C) groups is 1. The van der Waals surface area contributed by atoms with Gasteiger partial charge >= 0.3 is 5.97 Å². The molecule has 7 nitrogen and oxygen atoms in total. The Bertz CT molecular complexity index is 1360. The van der Waals surface area contributed by atoms with Gasteiger partial charge in [-0.05, 0) is 85.8 Å². The van der Waals surface area contributed by atoms with Crippen molar-refractivity contribution in [3.05, 3.63) is 69.2 Å². The summed E-state index contributed by atoms with van der Waals surface area (Å²) in [5.74, 6) is -0.780. The first kappa shape index (κ1) is 32.0. The Balaban J connectivity index is 1.73. The van der Waals surface area contributed by atoms with E-state index in [1.165, 1.54) is 0 Å². The van der Waals surface area contributed by atoms with Crippen molar-refractivity contribution in [1.82, 2.24) is 10.2 Å². The van der Waals surface area contributed by atoms with E-state index in [-0.39, 0.29) is 35.6 Å². The van der Waals surface area contributed by atoms with Gasteiger partial charge in [-0.2, -0.15) is 0 Å². The molecule has 0 saturated heterocycles. The topological polar surface area (TPSA) is 99.1 Å².